The standard InChI is InChI=1S/C11H12BrFN6O3S/c12-7-5-6(1-2-8(7)13)16-10(17-20)9-11(19-22-18-9)21-4-3-15-23-14/h1-2,5,15,20H,3-4,14H2,(H,16,17). The average Bonchev–Trinajstić information content (AvgIpc) is 3.01. The van der Waals surface area contributed by atoms with Gasteiger partial charge in [0.2, 0.25) is 5.69 Å². The minimum absolute atomic E-state index is 0.0373. The molecular formula is C11H12BrFN6O3S. The summed E-state index contributed by atoms with van der Waals surface area (Å²) in [5.74, 6) is -0.462. The first-order valence-corrected chi connectivity index (χ1v) is 7.81. The smallest absolute Gasteiger partial charge is 0.287 e. The van der Waals surface area contributed by atoms with Crippen molar-refractivity contribution in [1.82, 2.24) is 20.5 Å². The second-order valence-corrected chi connectivity index (χ2v) is 5.33. The van der Waals surface area contributed by atoms with Gasteiger partial charge in [-0.2, -0.15) is 0 Å². The number of aromatic nitrogens is 2. The number of aliphatic imine (C=N–C) groups is 1. The largest absolute Gasteiger partial charge is 0.472 e. The zero-order valence-electron chi connectivity index (χ0n) is 11.5. The number of ether oxygens (including phenoxy) is 1. The first-order valence-electron chi connectivity index (χ1n) is 6.14. The summed E-state index contributed by atoms with van der Waals surface area (Å²) in [6, 6.07) is 4.09. The Morgan fingerprint density at radius 1 is 1.52 bits per heavy atom. The minimum atomic E-state index is -0.431. The van der Waals surface area contributed by atoms with Crippen molar-refractivity contribution in [2.75, 3.05) is 13.2 Å². The van der Waals surface area contributed by atoms with Crippen molar-refractivity contribution in [3.05, 3.63) is 34.2 Å². The zero-order valence-corrected chi connectivity index (χ0v) is 13.9. The fourth-order valence-corrected chi connectivity index (χ4v) is 2.05. The lowest BCUT2D eigenvalue weighted by atomic mass is 10.3. The normalized spacial score (nSPS) is 11.6. The van der Waals surface area contributed by atoms with Gasteiger partial charge in [-0.05, 0) is 44.4 Å². The molecule has 0 unspecified atom stereocenters. The Hall–Kier alpha value is -1.73. The van der Waals surface area contributed by atoms with E-state index < -0.39 is 5.82 Å². The lowest BCUT2D eigenvalue weighted by Gasteiger charge is -2.05. The molecule has 0 aliphatic carbocycles. The van der Waals surface area contributed by atoms with Crippen molar-refractivity contribution in [1.29, 1.82) is 0 Å². The van der Waals surface area contributed by atoms with E-state index in [2.05, 4.69) is 40.6 Å². The number of hydrogen-bond donors (Lipinski definition) is 4. The van der Waals surface area contributed by atoms with Gasteiger partial charge in [0.05, 0.1) is 10.2 Å². The molecule has 1 aromatic carbocycles. The van der Waals surface area contributed by atoms with Crippen LogP contribution in [0, 0.1) is 5.82 Å². The minimum Gasteiger partial charge on any atom is -0.472 e. The number of hydroxylamine groups is 1. The lowest BCUT2D eigenvalue weighted by molar-refractivity contribution is 0.233. The molecule has 2 aromatic rings. The SMILES string of the molecule is NSNCCOc1nonc1C(=Nc1ccc(F)c(Br)c1)NO. The third-order valence-electron chi connectivity index (χ3n) is 2.46. The Morgan fingerprint density at radius 3 is 3.04 bits per heavy atom. The molecule has 0 atom stereocenters. The average molecular weight is 407 g/mol. The number of amidine groups is 1. The van der Waals surface area contributed by atoms with Gasteiger partial charge in [0, 0.05) is 18.7 Å². The highest BCUT2D eigenvalue weighted by atomic mass is 79.9. The van der Waals surface area contributed by atoms with Crippen LogP contribution in [0.4, 0.5) is 10.1 Å². The second kappa shape index (κ2) is 8.79. The highest BCUT2D eigenvalue weighted by Crippen LogP contribution is 2.23. The molecule has 0 aliphatic rings. The van der Waals surface area contributed by atoms with Crippen molar-refractivity contribution in [3.8, 4) is 5.88 Å². The van der Waals surface area contributed by atoms with E-state index in [-0.39, 0.29) is 28.5 Å². The Balaban J connectivity index is 2.18. The first-order chi connectivity index (χ1) is 11.2. The summed E-state index contributed by atoms with van der Waals surface area (Å²) in [6.07, 6.45) is 0. The Labute approximate surface area is 142 Å². The van der Waals surface area contributed by atoms with Crippen molar-refractivity contribution in [3.63, 3.8) is 0 Å². The van der Waals surface area contributed by atoms with Gasteiger partial charge in [-0.25, -0.2) is 18.7 Å². The maximum absolute atomic E-state index is 13.2. The molecule has 0 bridgehead atoms. The summed E-state index contributed by atoms with van der Waals surface area (Å²) >= 11 is 4.01. The van der Waals surface area contributed by atoms with Gasteiger partial charge >= 0.3 is 0 Å². The van der Waals surface area contributed by atoms with Crippen LogP contribution < -0.4 is 20.1 Å². The summed E-state index contributed by atoms with van der Waals surface area (Å²) in [5.41, 5.74) is 2.32. The highest BCUT2D eigenvalue weighted by Gasteiger charge is 2.18. The summed E-state index contributed by atoms with van der Waals surface area (Å²) < 4.78 is 26.2. The van der Waals surface area contributed by atoms with E-state index in [4.69, 9.17) is 9.88 Å². The first kappa shape index (κ1) is 17.6. The summed E-state index contributed by atoms with van der Waals surface area (Å²) in [7, 11) is 0. The van der Waals surface area contributed by atoms with E-state index in [0.717, 1.165) is 12.1 Å². The third-order valence-corrected chi connectivity index (χ3v) is 3.44. The van der Waals surface area contributed by atoms with Crippen LogP contribution >= 0.6 is 28.1 Å². The van der Waals surface area contributed by atoms with E-state index >= 15 is 0 Å². The maximum atomic E-state index is 13.2. The Bertz CT molecular complexity index is 686. The topological polar surface area (TPSA) is 131 Å². The Morgan fingerprint density at radius 2 is 2.35 bits per heavy atom. The van der Waals surface area contributed by atoms with Gasteiger partial charge < -0.3 is 4.74 Å². The van der Waals surface area contributed by atoms with Crippen molar-refractivity contribution < 1.29 is 19.0 Å². The molecule has 1 aromatic heterocycles. The van der Waals surface area contributed by atoms with Crippen LogP contribution in [0.2, 0.25) is 0 Å². The van der Waals surface area contributed by atoms with Crippen molar-refractivity contribution in [2.45, 2.75) is 0 Å². The number of nitrogens with zero attached hydrogens (tertiary/aromatic N) is 3. The van der Waals surface area contributed by atoms with Gasteiger partial charge in [0.25, 0.3) is 5.88 Å². The van der Waals surface area contributed by atoms with Gasteiger partial charge in [0.15, 0.2) is 5.84 Å². The maximum Gasteiger partial charge on any atom is 0.287 e. The molecule has 0 saturated heterocycles. The van der Waals surface area contributed by atoms with Crippen molar-refractivity contribution >= 4 is 39.6 Å². The van der Waals surface area contributed by atoms with E-state index in [1.54, 1.807) is 0 Å². The molecule has 0 spiro atoms. The lowest BCUT2D eigenvalue weighted by Crippen LogP contribution is -2.22. The molecule has 23 heavy (non-hydrogen) atoms. The van der Waals surface area contributed by atoms with Crippen LogP contribution in [0.1, 0.15) is 5.69 Å². The summed E-state index contributed by atoms with van der Waals surface area (Å²) in [6.45, 7) is 0.698. The van der Waals surface area contributed by atoms with Crippen LogP contribution in [0.15, 0.2) is 32.3 Å². The van der Waals surface area contributed by atoms with Gasteiger partial charge in [-0.15, -0.1) is 0 Å². The number of halogens is 2. The van der Waals surface area contributed by atoms with Crippen LogP contribution in [0.25, 0.3) is 0 Å². The van der Waals surface area contributed by atoms with Crippen molar-refractivity contribution in [2.24, 2.45) is 10.1 Å². The summed E-state index contributed by atoms with van der Waals surface area (Å²) in [4.78, 5) is 4.10. The van der Waals surface area contributed by atoms with E-state index in [1.807, 2.05) is 5.48 Å². The number of rotatable bonds is 7. The predicted molar refractivity (Wildman–Crippen MR) is 84.8 cm³/mol. The molecule has 12 heteroatoms. The molecule has 0 fully saturated rings. The molecular weight excluding hydrogens is 395 g/mol. The van der Waals surface area contributed by atoms with Gasteiger partial charge in [-0.3, -0.25) is 15.8 Å². The fraction of sp³-hybridized carbons (Fsp3) is 0.182. The number of hydrogen-bond acceptors (Lipinski definition) is 9. The van der Waals surface area contributed by atoms with E-state index in [9.17, 15) is 9.60 Å². The monoisotopic (exact) mass is 406 g/mol. The van der Waals surface area contributed by atoms with Crippen LogP contribution in [-0.4, -0.2) is 34.5 Å². The van der Waals surface area contributed by atoms with Crippen LogP contribution in [0.5, 0.6) is 5.88 Å². The molecule has 124 valence electrons. The molecule has 0 radical (unpaired) electrons. The molecule has 0 saturated carbocycles. The van der Waals surface area contributed by atoms with E-state index in [0.29, 0.717) is 12.2 Å². The Kier molecular flexibility index (Phi) is 6.73. The van der Waals surface area contributed by atoms with E-state index in [1.165, 1.54) is 18.2 Å². The fourth-order valence-electron chi connectivity index (χ4n) is 1.48. The molecule has 2 rings (SSSR count). The quantitative estimate of drug-likeness (QED) is 0.177. The molecule has 9 nitrogen and oxygen atoms in total. The highest BCUT2D eigenvalue weighted by molar-refractivity contribution is 9.10. The molecule has 1 heterocycles. The predicted octanol–water partition coefficient (Wildman–Crippen LogP) is 1.52. The number of nitrogens with two attached hydrogens (primary N) is 1. The van der Waals surface area contributed by atoms with Crippen LogP contribution in [0.3, 0.4) is 0 Å². The van der Waals surface area contributed by atoms with Crippen LogP contribution in [-0.2, 0) is 0 Å². The zero-order chi connectivity index (χ0) is 16.7. The number of benzene rings is 1. The summed E-state index contributed by atoms with van der Waals surface area (Å²) in [5, 5.41) is 21.7. The second-order valence-electron chi connectivity index (χ2n) is 3.95. The molecule has 0 aliphatic heterocycles. The van der Waals surface area contributed by atoms with Gasteiger partial charge in [-0.1, -0.05) is 0 Å². The molecule has 5 N–H and O–H groups in total. The third kappa shape index (κ3) is 4.87. The number of nitrogens with one attached hydrogen (secondary N) is 2. The van der Waals surface area contributed by atoms with Gasteiger partial charge in [0.1, 0.15) is 12.4 Å². The molecule has 0 amide bonds.